The van der Waals surface area contributed by atoms with Crippen LogP contribution in [0.15, 0.2) is 35.7 Å². The maximum atomic E-state index is 13.4. The molecular weight excluding hydrogens is 450 g/mol. The largest absolute Gasteiger partial charge is 0.491 e. The zero-order valence-electron chi connectivity index (χ0n) is 20.7. The van der Waals surface area contributed by atoms with Gasteiger partial charge in [0.15, 0.2) is 0 Å². The van der Waals surface area contributed by atoms with E-state index in [0.29, 0.717) is 45.2 Å². The highest BCUT2D eigenvalue weighted by Gasteiger charge is 2.33. The zero-order valence-corrected chi connectivity index (χ0v) is 21.5. The van der Waals surface area contributed by atoms with Crippen molar-refractivity contribution in [2.45, 2.75) is 45.6 Å². The molecule has 8 heteroatoms. The topological polar surface area (TPSA) is 71.1 Å². The van der Waals surface area contributed by atoms with E-state index in [1.807, 2.05) is 24.0 Å². The first-order valence-electron chi connectivity index (χ1n) is 12.0. The normalized spacial score (nSPS) is 15.2. The van der Waals surface area contributed by atoms with Gasteiger partial charge in [-0.1, -0.05) is 26.0 Å². The highest BCUT2D eigenvalue weighted by atomic mass is 32.1. The third kappa shape index (κ3) is 6.73. The summed E-state index contributed by atoms with van der Waals surface area (Å²) in [6, 6.07) is 9.85. The summed E-state index contributed by atoms with van der Waals surface area (Å²) in [5, 5.41) is 4.89. The van der Waals surface area contributed by atoms with Gasteiger partial charge < -0.3 is 24.6 Å². The van der Waals surface area contributed by atoms with Gasteiger partial charge in [0.25, 0.3) is 0 Å². The van der Waals surface area contributed by atoms with Gasteiger partial charge in [0, 0.05) is 38.2 Å². The molecular formula is C26H37N3O4S. The molecule has 1 N–H and O–H groups in total. The fraction of sp³-hybridized carbons (Fsp3) is 0.538. The molecule has 2 aromatic rings. The minimum Gasteiger partial charge on any atom is -0.491 e. The summed E-state index contributed by atoms with van der Waals surface area (Å²) in [6.07, 6.45) is 1.50. The number of hydrogen-bond donors (Lipinski definition) is 1. The molecule has 0 aliphatic carbocycles. The second kappa shape index (κ2) is 12.8. The molecule has 0 unspecified atom stereocenters. The Labute approximate surface area is 207 Å². The molecule has 2 heterocycles. The summed E-state index contributed by atoms with van der Waals surface area (Å²) in [4.78, 5) is 30.8. The lowest BCUT2D eigenvalue weighted by Gasteiger charge is -2.37. The van der Waals surface area contributed by atoms with Gasteiger partial charge in [-0.2, -0.15) is 0 Å². The van der Waals surface area contributed by atoms with Crippen LogP contribution in [0.5, 0.6) is 5.75 Å². The van der Waals surface area contributed by atoms with Crippen LogP contribution in [0.1, 0.15) is 55.2 Å². The monoisotopic (exact) mass is 487 g/mol. The molecule has 0 radical (unpaired) electrons. The number of methoxy groups -OCH3 is 1. The Hall–Kier alpha value is -2.58. The molecule has 3 amide bonds. The average Bonchev–Trinajstić information content (AvgIpc) is 3.31. The number of nitrogens with one attached hydrogen (secondary N) is 1. The lowest BCUT2D eigenvalue weighted by atomic mass is 10.00. The van der Waals surface area contributed by atoms with Crippen molar-refractivity contribution < 1.29 is 19.1 Å². The Morgan fingerprint density at radius 3 is 2.68 bits per heavy atom. The minimum absolute atomic E-state index is 0.0363. The van der Waals surface area contributed by atoms with Gasteiger partial charge in [-0.25, -0.2) is 4.79 Å². The minimum atomic E-state index is -0.224. The number of urea groups is 1. The van der Waals surface area contributed by atoms with Crippen molar-refractivity contribution in [3.63, 3.8) is 0 Å². The molecule has 186 valence electrons. The lowest BCUT2D eigenvalue weighted by Crippen LogP contribution is -2.50. The highest BCUT2D eigenvalue weighted by molar-refractivity contribution is 7.10. The Morgan fingerprint density at radius 1 is 1.24 bits per heavy atom. The van der Waals surface area contributed by atoms with Crippen LogP contribution in [0.25, 0.3) is 0 Å². The smallest absolute Gasteiger partial charge is 0.317 e. The molecule has 1 aromatic carbocycles. The molecule has 0 saturated carbocycles. The Bertz CT molecular complexity index is 928. The third-order valence-corrected chi connectivity index (χ3v) is 7.08. The van der Waals surface area contributed by atoms with Gasteiger partial charge in [-0.05, 0) is 60.4 Å². The first-order chi connectivity index (χ1) is 16.4. The molecule has 0 bridgehead atoms. The number of amides is 3. The fourth-order valence-corrected chi connectivity index (χ4v) is 5.10. The second-order valence-electron chi connectivity index (χ2n) is 8.79. The van der Waals surface area contributed by atoms with Crippen molar-refractivity contribution in [3.8, 4) is 5.75 Å². The van der Waals surface area contributed by atoms with E-state index in [1.165, 1.54) is 10.4 Å². The van der Waals surface area contributed by atoms with E-state index in [0.717, 1.165) is 17.7 Å². The van der Waals surface area contributed by atoms with Crippen LogP contribution in [0.4, 0.5) is 4.79 Å². The third-order valence-electron chi connectivity index (χ3n) is 6.09. The van der Waals surface area contributed by atoms with Crippen LogP contribution in [0, 0.1) is 0 Å². The molecule has 0 fully saturated rings. The van der Waals surface area contributed by atoms with Crippen LogP contribution in [0.3, 0.4) is 0 Å². The van der Waals surface area contributed by atoms with E-state index in [-0.39, 0.29) is 24.5 Å². The molecule has 1 aliphatic heterocycles. The molecule has 0 saturated heterocycles. The average molecular weight is 488 g/mol. The lowest BCUT2D eigenvalue weighted by molar-refractivity contribution is -0.135. The highest BCUT2D eigenvalue weighted by Crippen LogP contribution is 2.34. The molecule has 34 heavy (non-hydrogen) atoms. The van der Waals surface area contributed by atoms with Gasteiger partial charge in [0.1, 0.15) is 18.9 Å². The standard InChI is InChI=1S/C26H37N3O4S/c1-5-27-26(31)28(13-6-15-32-4)17-25(30)29-14-11-24-22(12-16-34-24)23(29)18-33-21-9-7-20(8-10-21)19(2)3/h7-10,12,16,19,23H,5-6,11,13-15,17-18H2,1-4H3,(H,27,31)/t23-/m1/s1. The van der Waals surface area contributed by atoms with Crippen molar-refractivity contribution in [2.24, 2.45) is 0 Å². The first-order valence-corrected chi connectivity index (χ1v) is 12.9. The van der Waals surface area contributed by atoms with E-state index in [9.17, 15) is 9.59 Å². The fourth-order valence-electron chi connectivity index (χ4n) is 4.17. The summed E-state index contributed by atoms with van der Waals surface area (Å²) in [5.74, 6) is 1.19. The summed E-state index contributed by atoms with van der Waals surface area (Å²) in [6.45, 7) is 8.75. The summed E-state index contributed by atoms with van der Waals surface area (Å²) >= 11 is 1.73. The molecule has 1 atom stereocenters. The van der Waals surface area contributed by atoms with Crippen LogP contribution in [-0.2, 0) is 16.0 Å². The maximum Gasteiger partial charge on any atom is 0.317 e. The number of hydrogen-bond acceptors (Lipinski definition) is 5. The molecule has 1 aromatic heterocycles. The number of rotatable bonds is 11. The molecule has 0 spiro atoms. The van der Waals surface area contributed by atoms with Crippen LogP contribution < -0.4 is 10.1 Å². The van der Waals surface area contributed by atoms with Gasteiger partial charge in [0.05, 0.1) is 6.04 Å². The summed E-state index contributed by atoms with van der Waals surface area (Å²) < 4.78 is 11.3. The van der Waals surface area contributed by atoms with Gasteiger partial charge >= 0.3 is 6.03 Å². The summed E-state index contributed by atoms with van der Waals surface area (Å²) in [7, 11) is 1.63. The Morgan fingerprint density at radius 2 is 2.00 bits per heavy atom. The van der Waals surface area contributed by atoms with Crippen LogP contribution in [-0.4, -0.2) is 68.2 Å². The van der Waals surface area contributed by atoms with Gasteiger partial charge in [-0.15, -0.1) is 11.3 Å². The predicted molar refractivity (Wildman–Crippen MR) is 136 cm³/mol. The number of carbonyl (C=O) groups excluding carboxylic acids is 2. The van der Waals surface area contributed by atoms with Gasteiger partial charge in [0.2, 0.25) is 5.91 Å². The number of thiophene rings is 1. The zero-order chi connectivity index (χ0) is 24.5. The quantitative estimate of drug-likeness (QED) is 0.476. The predicted octanol–water partition coefficient (Wildman–Crippen LogP) is 4.44. The van der Waals surface area contributed by atoms with Crippen molar-refractivity contribution in [1.82, 2.24) is 15.1 Å². The van der Waals surface area contributed by atoms with E-state index >= 15 is 0 Å². The first kappa shape index (κ1) is 26.0. The SMILES string of the molecule is CCNC(=O)N(CCCOC)CC(=O)N1CCc2sccc2[C@H]1COc1ccc(C(C)C)cc1. The van der Waals surface area contributed by atoms with E-state index in [2.05, 4.69) is 42.7 Å². The Balaban J connectivity index is 1.72. The number of fused-ring (bicyclic) bond motifs is 1. The van der Waals surface area contributed by atoms with Gasteiger partial charge in [-0.3, -0.25) is 4.79 Å². The van der Waals surface area contributed by atoms with E-state index in [4.69, 9.17) is 9.47 Å². The maximum absolute atomic E-state index is 13.4. The van der Waals surface area contributed by atoms with Crippen molar-refractivity contribution >= 4 is 23.3 Å². The van der Waals surface area contributed by atoms with E-state index in [1.54, 1.807) is 23.3 Å². The Kier molecular flexibility index (Phi) is 9.77. The number of benzene rings is 1. The van der Waals surface area contributed by atoms with Crippen LogP contribution in [0.2, 0.25) is 0 Å². The molecule has 7 nitrogen and oxygen atoms in total. The van der Waals surface area contributed by atoms with E-state index < -0.39 is 0 Å². The number of carbonyl (C=O) groups is 2. The second-order valence-corrected chi connectivity index (χ2v) is 9.79. The van der Waals surface area contributed by atoms with Crippen molar-refractivity contribution in [3.05, 3.63) is 51.7 Å². The number of nitrogens with zero attached hydrogens (tertiary/aromatic N) is 2. The number of ether oxygens (including phenoxy) is 2. The van der Waals surface area contributed by atoms with Crippen molar-refractivity contribution in [2.75, 3.05) is 46.5 Å². The van der Waals surface area contributed by atoms with Crippen LogP contribution >= 0.6 is 11.3 Å². The molecule has 1 aliphatic rings. The van der Waals surface area contributed by atoms with Crippen molar-refractivity contribution in [1.29, 1.82) is 0 Å². The summed E-state index contributed by atoms with van der Waals surface area (Å²) in [5.41, 5.74) is 2.41. The molecule has 3 rings (SSSR count).